The van der Waals surface area contributed by atoms with Crippen LogP contribution in [0.5, 0.6) is 0 Å². The van der Waals surface area contributed by atoms with Crippen LogP contribution in [0, 0.1) is 13.8 Å². The number of hydrogen-bond donors (Lipinski definition) is 2. The minimum absolute atomic E-state index is 0.0910. The van der Waals surface area contributed by atoms with Crippen LogP contribution >= 0.6 is 11.8 Å². The number of carbonyl (C=O) groups is 1. The first-order chi connectivity index (χ1) is 17.0. The van der Waals surface area contributed by atoms with E-state index in [9.17, 15) is 9.59 Å². The van der Waals surface area contributed by atoms with E-state index in [1.54, 1.807) is 4.57 Å². The van der Waals surface area contributed by atoms with Gasteiger partial charge in [0.05, 0.1) is 11.4 Å². The first-order valence-corrected chi connectivity index (χ1v) is 12.5. The Bertz CT molecular complexity index is 1590. The van der Waals surface area contributed by atoms with E-state index in [1.165, 1.54) is 17.3 Å². The lowest BCUT2D eigenvalue weighted by molar-refractivity contribution is -0.118. The van der Waals surface area contributed by atoms with Gasteiger partial charge in [0.15, 0.2) is 5.16 Å². The summed E-state index contributed by atoms with van der Waals surface area (Å²) in [4.78, 5) is 34.5. The predicted molar refractivity (Wildman–Crippen MR) is 143 cm³/mol. The SMILES string of the molecule is Cc1ccc(C)c(-n2c(SCC(=O)NCCc3ccccc3)nc3c([nH]c4ccccc43)c2=O)c1. The van der Waals surface area contributed by atoms with E-state index >= 15 is 0 Å². The quantitative estimate of drug-likeness (QED) is 0.255. The predicted octanol–water partition coefficient (Wildman–Crippen LogP) is 4.93. The molecule has 2 N–H and O–H groups in total. The summed E-state index contributed by atoms with van der Waals surface area (Å²) in [5, 5.41) is 4.37. The highest BCUT2D eigenvalue weighted by Gasteiger charge is 2.19. The first kappa shape index (κ1) is 22.9. The maximum absolute atomic E-state index is 13.7. The van der Waals surface area contributed by atoms with Crippen molar-refractivity contribution in [2.75, 3.05) is 12.3 Å². The zero-order valence-corrected chi connectivity index (χ0v) is 20.5. The molecule has 0 aliphatic rings. The summed E-state index contributed by atoms with van der Waals surface area (Å²) in [5.41, 5.74) is 5.73. The Labute approximate surface area is 207 Å². The van der Waals surface area contributed by atoms with Gasteiger partial charge in [-0.2, -0.15) is 0 Å². The van der Waals surface area contributed by atoms with Crippen molar-refractivity contribution < 1.29 is 4.79 Å². The van der Waals surface area contributed by atoms with Crippen molar-refractivity contribution in [1.82, 2.24) is 19.9 Å². The summed E-state index contributed by atoms with van der Waals surface area (Å²) in [5.74, 6) is 0.0756. The van der Waals surface area contributed by atoms with Gasteiger partial charge < -0.3 is 10.3 Å². The van der Waals surface area contributed by atoms with E-state index in [0.29, 0.717) is 22.7 Å². The number of benzene rings is 3. The van der Waals surface area contributed by atoms with Gasteiger partial charge in [-0.3, -0.25) is 14.2 Å². The number of aryl methyl sites for hydroxylation is 2. The molecule has 0 aliphatic heterocycles. The van der Waals surface area contributed by atoms with Crippen LogP contribution in [-0.4, -0.2) is 32.7 Å². The van der Waals surface area contributed by atoms with Crippen molar-refractivity contribution >= 4 is 39.6 Å². The van der Waals surface area contributed by atoms with E-state index in [-0.39, 0.29) is 17.2 Å². The van der Waals surface area contributed by atoms with Gasteiger partial charge in [-0.1, -0.05) is 72.4 Å². The largest absolute Gasteiger partial charge is 0.355 e. The van der Waals surface area contributed by atoms with Crippen LogP contribution in [0.3, 0.4) is 0 Å². The van der Waals surface area contributed by atoms with Gasteiger partial charge in [0.2, 0.25) is 5.91 Å². The second kappa shape index (κ2) is 9.80. The van der Waals surface area contributed by atoms with Crippen molar-refractivity contribution in [2.45, 2.75) is 25.4 Å². The maximum atomic E-state index is 13.7. The molecule has 0 saturated heterocycles. The molecule has 0 aliphatic carbocycles. The zero-order chi connectivity index (χ0) is 24.4. The molecule has 2 heterocycles. The second-order valence-electron chi connectivity index (χ2n) is 8.59. The fourth-order valence-corrected chi connectivity index (χ4v) is 5.01. The summed E-state index contributed by atoms with van der Waals surface area (Å²) in [6.07, 6.45) is 0.768. The van der Waals surface area contributed by atoms with Gasteiger partial charge in [-0.05, 0) is 49.1 Å². The molecule has 2 aromatic heterocycles. The number of nitrogens with zero attached hydrogens (tertiary/aromatic N) is 2. The number of para-hydroxylation sites is 1. The maximum Gasteiger partial charge on any atom is 0.283 e. The lowest BCUT2D eigenvalue weighted by Gasteiger charge is -2.15. The number of nitrogens with one attached hydrogen (secondary N) is 2. The van der Waals surface area contributed by atoms with Crippen molar-refractivity contribution in [3.8, 4) is 5.69 Å². The Hall–Kier alpha value is -3.84. The average Bonchev–Trinajstić information content (AvgIpc) is 3.24. The number of rotatable bonds is 7. The van der Waals surface area contributed by atoms with Crippen LogP contribution in [0.2, 0.25) is 0 Å². The van der Waals surface area contributed by atoms with E-state index in [1.807, 2.05) is 86.6 Å². The van der Waals surface area contributed by atoms with E-state index in [0.717, 1.165) is 34.1 Å². The highest BCUT2D eigenvalue weighted by molar-refractivity contribution is 7.99. The normalized spacial score (nSPS) is 11.3. The van der Waals surface area contributed by atoms with Crippen LogP contribution in [0.1, 0.15) is 16.7 Å². The van der Waals surface area contributed by atoms with Crippen molar-refractivity contribution in [3.05, 3.63) is 99.8 Å². The Kier molecular flexibility index (Phi) is 6.42. The molecule has 0 bridgehead atoms. The van der Waals surface area contributed by atoms with Crippen LogP contribution < -0.4 is 10.9 Å². The Morgan fingerprint density at radius 3 is 2.63 bits per heavy atom. The summed E-state index contributed by atoms with van der Waals surface area (Å²) >= 11 is 1.28. The van der Waals surface area contributed by atoms with Crippen LogP contribution in [0.15, 0.2) is 82.7 Å². The topological polar surface area (TPSA) is 79.8 Å². The molecule has 3 aromatic carbocycles. The zero-order valence-electron chi connectivity index (χ0n) is 19.7. The molecule has 0 unspecified atom stereocenters. The smallest absolute Gasteiger partial charge is 0.283 e. The van der Waals surface area contributed by atoms with Crippen LogP contribution in [0.25, 0.3) is 27.6 Å². The number of carbonyl (C=O) groups excluding carboxylic acids is 1. The molecule has 5 aromatic rings. The molecule has 0 fully saturated rings. The number of aromatic amines is 1. The second-order valence-corrected chi connectivity index (χ2v) is 9.54. The summed E-state index contributed by atoms with van der Waals surface area (Å²) in [6, 6.07) is 23.8. The Morgan fingerprint density at radius 1 is 1.03 bits per heavy atom. The van der Waals surface area contributed by atoms with E-state index in [2.05, 4.69) is 10.3 Å². The van der Waals surface area contributed by atoms with Gasteiger partial charge >= 0.3 is 0 Å². The fourth-order valence-electron chi connectivity index (χ4n) is 4.18. The molecule has 1 amide bonds. The number of amides is 1. The fraction of sp³-hybridized carbons (Fsp3) is 0.179. The first-order valence-electron chi connectivity index (χ1n) is 11.6. The number of aromatic nitrogens is 3. The third kappa shape index (κ3) is 4.72. The minimum atomic E-state index is -0.174. The van der Waals surface area contributed by atoms with Gasteiger partial charge in [0.25, 0.3) is 5.56 Å². The lowest BCUT2D eigenvalue weighted by Crippen LogP contribution is -2.28. The van der Waals surface area contributed by atoms with Gasteiger partial charge in [-0.15, -0.1) is 0 Å². The minimum Gasteiger partial charge on any atom is -0.355 e. The Morgan fingerprint density at radius 2 is 1.80 bits per heavy atom. The van der Waals surface area contributed by atoms with Gasteiger partial charge in [0, 0.05) is 17.4 Å². The average molecular weight is 483 g/mol. The van der Waals surface area contributed by atoms with E-state index < -0.39 is 0 Å². The van der Waals surface area contributed by atoms with Crippen LogP contribution in [-0.2, 0) is 11.2 Å². The molecular formula is C28H26N4O2S. The number of fused-ring (bicyclic) bond motifs is 3. The molecule has 0 saturated carbocycles. The standard InChI is InChI=1S/C28H26N4O2S/c1-18-12-13-19(2)23(16-18)32-27(34)26-25(21-10-6-7-11-22(21)30-26)31-28(32)35-17-24(33)29-15-14-20-8-4-3-5-9-20/h3-13,16,30H,14-15,17H2,1-2H3,(H,29,33). The van der Waals surface area contributed by atoms with Gasteiger partial charge in [0.1, 0.15) is 11.0 Å². The monoisotopic (exact) mass is 482 g/mol. The highest BCUT2D eigenvalue weighted by atomic mass is 32.2. The molecule has 7 heteroatoms. The number of H-pyrrole nitrogens is 1. The third-order valence-corrected chi connectivity index (χ3v) is 6.95. The molecule has 5 rings (SSSR count). The molecule has 0 atom stereocenters. The number of thioether (sulfide) groups is 1. The summed E-state index contributed by atoms with van der Waals surface area (Å²) in [7, 11) is 0. The lowest BCUT2D eigenvalue weighted by atomic mass is 10.1. The third-order valence-electron chi connectivity index (χ3n) is 6.01. The molecule has 6 nitrogen and oxygen atoms in total. The Balaban J connectivity index is 1.48. The van der Waals surface area contributed by atoms with Gasteiger partial charge in [-0.25, -0.2) is 4.98 Å². The molecular weight excluding hydrogens is 456 g/mol. The number of hydrogen-bond acceptors (Lipinski definition) is 4. The molecule has 0 radical (unpaired) electrons. The molecule has 176 valence electrons. The summed E-state index contributed by atoms with van der Waals surface area (Å²) < 4.78 is 1.63. The highest BCUT2D eigenvalue weighted by Crippen LogP contribution is 2.27. The molecule has 0 spiro atoms. The van der Waals surface area contributed by atoms with E-state index in [4.69, 9.17) is 4.98 Å². The van der Waals surface area contributed by atoms with Crippen molar-refractivity contribution in [2.24, 2.45) is 0 Å². The van der Waals surface area contributed by atoms with Crippen molar-refractivity contribution in [1.29, 1.82) is 0 Å². The summed E-state index contributed by atoms with van der Waals surface area (Å²) in [6.45, 7) is 4.53. The molecule has 35 heavy (non-hydrogen) atoms. The van der Waals surface area contributed by atoms with Crippen LogP contribution in [0.4, 0.5) is 0 Å². The van der Waals surface area contributed by atoms with Crippen molar-refractivity contribution in [3.63, 3.8) is 0 Å².